The highest BCUT2D eigenvalue weighted by Crippen LogP contribution is 2.38. The van der Waals surface area contributed by atoms with Crippen LogP contribution in [0.25, 0.3) is 0 Å². The molecule has 15 heavy (non-hydrogen) atoms. The SMILES string of the molecule is CCC1(C(=O)O)Cc2c(Br)cccc2N1. The van der Waals surface area contributed by atoms with Gasteiger partial charge in [0, 0.05) is 16.6 Å². The molecule has 1 heterocycles. The van der Waals surface area contributed by atoms with Gasteiger partial charge in [-0.25, -0.2) is 4.79 Å². The van der Waals surface area contributed by atoms with Crippen LogP contribution in [0.4, 0.5) is 5.69 Å². The van der Waals surface area contributed by atoms with E-state index in [0.717, 1.165) is 15.7 Å². The van der Waals surface area contributed by atoms with E-state index in [9.17, 15) is 9.90 Å². The molecular formula is C11H12BrNO2. The molecule has 80 valence electrons. The smallest absolute Gasteiger partial charge is 0.329 e. The molecule has 1 aromatic rings. The number of nitrogens with one attached hydrogen (secondary N) is 1. The molecule has 1 aliphatic rings. The van der Waals surface area contributed by atoms with Crippen LogP contribution in [-0.4, -0.2) is 16.6 Å². The van der Waals surface area contributed by atoms with Gasteiger partial charge in [-0.3, -0.25) is 0 Å². The Labute approximate surface area is 96.6 Å². The largest absolute Gasteiger partial charge is 0.479 e. The van der Waals surface area contributed by atoms with Crippen molar-refractivity contribution in [2.24, 2.45) is 0 Å². The summed E-state index contributed by atoms with van der Waals surface area (Å²) < 4.78 is 0.976. The molecular weight excluding hydrogens is 258 g/mol. The number of anilines is 1. The van der Waals surface area contributed by atoms with Gasteiger partial charge in [0.2, 0.25) is 0 Å². The van der Waals surface area contributed by atoms with Crippen molar-refractivity contribution in [2.45, 2.75) is 25.3 Å². The number of hydrogen-bond donors (Lipinski definition) is 2. The molecule has 0 amide bonds. The summed E-state index contributed by atoms with van der Waals surface area (Å²) in [6, 6.07) is 5.76. The van der Waals surface area contributed by atoms with Crippen LogP contribution in [0.15, 0.2) is 22.7 Å². The Morgan fingerprint density at radius 3 is 2.93 bits per heavy atom. The molecule has 1 unspecified atom stereocenters. The predicted molar refractivity (Wildman–Crippen MR) is 62.1 cm³/mol. The van der Waals surface area contributed by atoms with Gasteiger partial charge >= 0.3 is 5.97 Å². The number of carbonyl (C=O) groups is 1. The summed E-state index contributed by atoms with van der Waals surface area (Å²) >= 11 is 3.44. The van der Waals surface area contributed by atoms with E-state index in [1.807, 2.05) is 25.1 Å². The van der Waals surface area contributed by atoms with Crippen molar-refractivity contribution in [1.29, 1.82) is 0 Å². The van der Waals surface area contributed by atoms with Gasteiger partial charge in [-0.1, -0.05) is 28.9 Å². The van der Waals surface area contributed by atoms with Crippen molar-refractivity contribution in [3.05, 3.63) is 28.2 Å². The monoisotopic (exact) mass is 269 g/mol. The lowest BCUT2D eigenvalue weighted by molar-refractivity contribution is -0.142. The van der Waals surface area contributed by atoms with Crippen LogP contribution in [0.2, 0.25) is 0 Å². The summed E-state index contributed by atoms with van der Waals surface area (Å²) in [5.41, 5.74) is 1.15. The first-order valence-corrected chi connectivity index (χ1v) is 5.67. The highest BCUT2D eigenvalue weighted by Gasteiger charge is 2.42. The van der Waals surface area contributed by atoms with Crippen LogP contribution >= 0.6 is 15.9 Å². The van der Waals surface area contributed by atoms with Gasteiger partial charge in [-0.2, -0.15) is 0 Å². The molecule has 0 aliphatic carbocycles. The number of carboxylic acids is 1. The van der Waals surface area contributed by atoms with Crippen LogP contribution in [0.5, 0.6) is 0 Å². The Balaban J connectivity index is 2.44. The zero-order valence-electron chi connectivity index (χ0n) is 8.38. The van der Waals surface area contributed by atoms with Gasteiger partial charge in [0.15, 0.2) is 0 Å². The summed E-state index contributed by atoms with van der Waals surface area (Å²) in [6.45, 7) is 1.89. The van der Waals surface area contributed by atoms with Gasteiger partial charge in [0.05, 0.1) is 0 Å². The van der Waals surface area contributed by atoms with Crippen molar-refractivity contribution in [1.82, 2.24) is 0 Å². The highest BCUT2D eigenvalue weighted by molar-refractivity contribution is 9.10. The molecule has 1 atom stereocenters. The highest BCUT2D eigenvalue weighted by atomic mass is 79.9. The fourth-order valence-corrected chi connectivity index (χ4v) is 2.46. The number of aliphatic carboxylic acids is 1. The second-order valence-electron chi connectivity index (χ2n) is 3.81. The minimum Gasteiger partial charge on any atom is -0.479 e. The molecule has 0 bridgehead atoms. The first-order valence-electron chi connectivity index (χ1n) is 4.88. The third-order valence-corrected chi connectivity index (χ3v) is 3.73. The summed E-state index contributed by atoms with van der Waals surface area (Å²) in [5.74, 6) is -0.784. The maximum absolute atomic E-state index is 11.3. The second-order valence-corrected chi connectivity index (χ2v) is 4.66. The molecule has 2 rings (SSSR count). The summed E-state index contributed by atoms with van der Waals surface area (Å²) in [4.78, 5) is 11.3. The number of hydrogen-bond acceptors (Lipinski definition) is 2. The standard InChI is InChI=1S/C11H12BrNO2/c1-2-11(10(14)15)6-7-8(12)4-3-5-9(7)13-11/h3-5,13H,2,6H2,1H3,(H,14,15). The van der Waals surface area contributed by atoms with Gasteiger partial charge in [0.25, 0.3) is 0 Å². The van der Waals surface area contributed by atoms with Gasteiger partial charge in [-0.05, 0) is 24.1 Å². The predicted octanol–water partition coefficient (Wildman–Crippen LogP) is 2.65. The Bertz CT molecular complexity index is 419. The second kappa shape index (κ2) is 3.52. The third kappa shape index (κ3) is 1.53. The average Bonchev–Trinajstić information content (AvgIpc) is 2.59. The van der Waals surface area contributed by atoms with Crippen molar-refractivity contribution in [2.75, 3.05) is 5.32 Å². The molecule has 0 aromatic heterocycles. The summed E-state index contributed by atoms with van der Waals surface area (Å²) in [6.07, 6.45) is 1.11. The summed E-state index contributed by atoms with van der Waals surface area (Å²) in [5, 5.41) is 12.4. The number of rotatable bonds is 2. The number of halogens is 1. The average molecular weight is 270 g/mol. The van der Waals surface area contributed by atoms with Gasteiger partial charge in [-0.15, -0.1) is 0 Å². The van der Waals surface area contributed by atoms with E-state index in [1.54, 1.807) is 0 Å². The number of fused-ring (bicyclic) bond motifs is 1. The lowest BCUT2D eigenvalue weighted by Gasteiger charge is -2.23. The zero-order chi connectivity index (χ0) is 11.1. The first kappa shape index (κ1) is 10.5. The Morgan fingerprint density at radius 1 is 1.67 bits per heavy atom. The quantitative estimate of drug-likeness (QED) is 0.868. The number of carboxylic acid groups (broad SMARTS) is 1. The van der Waals surface area contributed by atoms with Crippen molar-refractivity contribution in [3.8, 4) is 0 Å². The maximum Gasteiger partial charge on any atom is 0.329 e. The van der Waals surface area contributed by atoms with E-state index in [4.69, 9.17) is 0 Å². The van der Waals surface area contributed by atoms with E-state index >= 15 is 0 Å². The lowest BCUT2D eigenvalue weighted by Crippen LogP contribution is -2.44. The van der Waals surface area contributed by atoms with Crippen molar-refractivity contribution >= 4 is 27.6 Å². The van der Waals surface area contributed by atoms with Crippen LogP contribution in [0.1, 0.15) is 18.9 Å². The van der Waals surface area contributed by atoms with E-state index in [1.165, 1.54) is 0 Å². The van der Waals surface area contributed by atoms with Crippen molar-refractivity contribution < 1.29 is 9.90 Å². The first-order chi connectivity index (χ1) is 7.09. The van der Waals surface area contributed by atoms with Gasteiger partial charge < -0.3 is 10.4 Å². The van der Waals surface area contributed by atoms with Crippen LogP contribution in [0.3, 0.4) is 0 Å². The molecule has 2 N–H and O–H groups in total. The molecule has 4 heteroatoms. The minimum absolute atomic E-state index is 0.537. The molecule has 0 radical (unpaired) electrons. The van der Waals surface area contributed by atoms with Crippen molar-refractivity contribution in [3.63, 3.8) is 0 Å². The Morgan fingerprint density at radius 2 is 2.40 bits per heavy atom. The van der Waals surface area contributed by atoms with Gasteiger partial charge in [0.1, 0.15) is 5.54 Å². The van der Waals surface area contributed by atoms with E-state index in [0.29, 0.717) is 12.8 Å². The van der Waals surface area contributed by atoms with E-state index < -0.39 is 11.5 Å². The molecule has 3 nitrogen and oxygen atoms in total. The minimum atomic E-state index is -0.827. The molecule has 0 saturated carbocycles. The van der Waals surface area contributed by atoms with Crippen LogP contribution in [0, 0.1) is 0 Å². The van der Waals surface area contributed by atoms with E-state index in [-0.39, 0.29) is 0 Å². The van der Waals surface area contributed by atoms with E-state index in [2.05, 4.69) is 21.2 Å². The normalized spacial score (nSPS) is 23.3. The van der Waals surface area contributed by atoms with Crippen LogP contribution in [-0.2, 0) is 11.2 Å². The molecule has 1 aromatic carbocycles. The molecule has 0 saturated heterocycles. The zero-order valence-corrected chi connectivity index (χ0v) is 9.97. The van der Waals surface area contributed by atoms with Crippen LogP contribution < -0.4 is 5.32 Å². The molecule has 0 spiro atoms. The number of benzene rings is 1. The Kier molecular flexibility index (Phi) is 2.46. The fraction of sp³-hybridized carbons (Fsp3) is 0.364. The topological polar surface area (TPSA) is 49.3 Å². The molecule has 1 aliphatic heterocycles. The fourth-order valence-electron chi connectivity index (χ4n) is 1.95. The summed E-state index contributed by atoms with van der Waals surface area (Å²) in [7, 11) is 0. The molecule has 0 fully saturated rings. The maximum atomic E-state index is 11.3. The Hall–Kier alpha value is -1.03. The lowest BCUT2D eigenvalue weighted by atomic mass is 9.92. The third-order valence-electron chi connectivity index (χ3n) is 2.98.